The van der Waals surface area contributed by atoms with E-state index in [9.17, 15) is 9.59 Å². The number of amides is 2. The number of ether oxygens (including phenoxy) is 1. The first kappa shape index (κ1) is 18.9. The molecule has 0 aromatic carbocycles. The average Bonchev–Trinajstić information content (AvgIpc) is 3.19. The summed E-state index contributed by atoms with van der Waals surface area (Å²) in [5, 5.41) is 7.27. The van der Waals surface area contributed by atoms with Gasteiger partial charge in [-0.15, -0.1) is 0 Å². The quantitative estimate of drug-likeness (QED) is 0.833. The normalized spacial score (nSPS) is 23.3. The van der Waals surface area contributed by atoms with Gasteiger partial charge in [0.2, 0.25) is 11.8 Å². The Morgan fingerprint density at radius 2 is 2.00 bits per heavy atom. The van der Waals surface area contributed by atoms with Gasteiger partial charge < -0.3 is 14.5 Å². The number of nitrogens with one attached hydrogen (secondary N) is 1. The van der Waals surface area contributed by atoms with E-state index in [2.05, 4.69) is 10.2 Å². The van der Waals surface area contributed by atoms with Crippen molar-refractivity contribution in [3.8, 4) is 0 Å². The molecule has 7 heteroatoms. The molecule has 3 rings (SSSR count). The molecule has 0 radical (unpaired) electrons. The number of aromatic nitrogens is 2. The third-order valence-electron chi connectivity index (χ3n) is 5.99. The number of hydrogen-bond acceptors (Lipinski definition) is 4. The third kappa shape index (κ3) is 3.37. The zero-order valence-electron chi connectivity index (χ0n) is 16.1. The largest absolute Gasteiger partial charge is 0.383 e. The van der Waals surface area contributed by atoms with Crippen molar-refractivity contribution >= 4 is 11.8 Å². The van der Waals surface area contributed by atoms with Crippen LogP contribution in [0.15, 0.2) is 0 Å². The molecule has 2 aliphatic heterocycles. The van der Waals surface area contributed by atoms with E-state index in [0.29, 0.717) is 32.5 Å². The Morgan fingerprint density at radius 3 is 2.65 bits per heavy atom. The fraction of sp³-hybridized carbons (Fsp3) is 0.737. The molecule has 2 saturated heterocycles. The highest BCUT2D eigenvalue weighted by Crippen LogP contribution is 2.38. The summed E-state index contributed by atoms with van der Waals surface area (Å²) < 4.78 is 5.13. The Kier molecular flexibility index (Phi) is 5.65. The van der Waals surface area contributed by atoms with Gasteiger partial charge in [0.1, 0.15) is 5.54 Å². The van der Waals surface area contributed by atoms with Gasteiger partial charge in [-0.2, -0.15) is 5.10 Å². The zero-order chi connectivity index (χ0) is 18.7. The number of nitrogens with zero attached hydrogens (tertiary/aromatic N) is 3. The zero-order valence-corrected chi connectivity index (χ0v) is 16.1. The van der Waals surface area contributed by atoms with E-state index in [-0.39, 0.29) is 11.8 Å². The van der Waals surface area contributed by atoms with E-state index < -0.39 is 5.54 Å². The van der Waals surface area contributed by atoms with Crippen LogP contribution in [-0.2, 0) is 20.7 Å². The smallest absolute Gasteiger partial charge is 0.248 e. The van der Waals surface area contributed by atoms with Gasteiger partial charge in [0, 0.05) is 45.3 Å². The molecule has 0 bridgehead atoms. The molecule has 3 heterocycles. The van der Waals surface area contributed by atoms with Crippen LogP contribution in [-0.4, -0.2) is 70.7 Å². The highest BCUT2D eigenvalue weighted by molar-refractivity contribution is 5.92. The van der Waals surface area contributed by atoms with Crippen molar-refractivity contribution in [2.24, 2.45) is 0 Å². The van der Waals surface area contributed by atoms with Crippen LogP contribution >= 0.6 is 0 Å². The first-order valence-electron chi connectivity index (χ1n) is 9.59. The van der Waals surface area contributed by atoms with Gasteiger partial charge in [-0.25, -0.2) is 0 Å². The van der Waals surface area contributed by atoms with Gasteiger partial charge in [0.15, 0.2) is 0 Å². The summed E-state index contributed by atoms with van der Waals surface area (Å²) in [5.74, 6) is 0.183. The van der Waals surface area contributed by atoms with E-state index in [0.717, 1.165) is 49.2 Å². The first-order chi connectivity index (χ1) is 12.5. The Bertz CT molecular complexity index is 672. The maximum Gasteiger partial charge on any atom is 0.248 e. The average molecular weight is 362 g/mol. The number of methoxy groups -OCH3 is 1. The second-order valence-corrected chi connectivity index (χ2v) is 7.49. The molecule has 2 fully saturated rings. The molecular formula is C19H30N4O3. The molecule has 2 amide bonds. The number of piperidine rings is 1. The maximum atomic E-state index is 13.2. The number of hydrogen-bond donors (Lipinski definition) is 1. The second kappa shape index (κ2) is 7.78. The molecule has 1 N–H and O–H groups in total. The Balaban J connectivity index is 1.69. The lowest BCUT2D eigenvalue weighted by atomic mass is 9.85. The number of carbonyl (C=O) groups excluding carboxylic acids is 2. The van der Waals surface area contributed by atoms with Crippen molar-refractivity contribution in [3.63, 3.8) is 0 Å². The van der Waals surface area contributed by atoms with Gasteiger partial charge in [0.05, 0.1) is 12.3 Å². The van der Waals surface area contributed by atoms with Crippen LogP contribution in [0.3, 0.4) is 0 Å². The van der Waals surface area contributed by atoms with Crippen LogP contribution in [0.25, 0.3) is 0 Å². The van der Waals surface area contributed by atoms with Crippen LogP contribution in [0.4, 0.5) is 0 Å². The summed E-state index contributed by atoms with van der Waals surface area (Å²) in [6.45, 7) is 6.59. The maximum absolute atomic E-state index is 13.2. The molecule has 0 aliphatic carbocycles. The van der Waals surface area contributed by atoms with Crippen molar-refractivity contribution in [2.45, 2.75) is 57.9 Å². The number of H-pyrrole nitrogens is 1. The first-order valence-corrected chi connectivity index (χ1v) is 9.59. The lowest BCUT2D eigenvalue weighted by molar-refractivity contribution is -0.155. The Labute approximate surface area is 155 Å². The fourth-order valence-corrected chi connectivity index (χ4v) is 4.34. The van der Waals surface area contributed by atoms with Crippen LogP contribution in [0.5, 0.6) is 0 Å². The molecule has 26 heavy (non-hydrogen) atoms. The standard InChI is InChI=1S/C19H30N4O3/c1-14-15(2)20-21-16(14)6-7-17(24)23-11-5-9-19(23)8-4-10-22(18(19)25)12-13-26-3/h4-13H2,1-3H3,(H,20,21). The third-order valence-corrected chi connectivity index (χ3v) is 5.99. The predicted octanol–water partition coefficient (Wildman–Crippen LogP) is 1.59. The summed E-state index contributed by atoms with van der Waals surface area (Å²) in [7, 11) is 1.65. The summed E-state index contributed by atoms with van der Waals surface area (Å²) in [4.78, 5) is 29.9. The molecule has 1 aromatic rings. The minimum absolute atomic E-state index is 0.0736. The van der Waals surface area contributed by atoms with Crippen LogP contribution in [0.2, 0.25) is 0 Å². The molecule has 0 saturated carbocycles. The van der Waals surface area contributed by atoms with E-state index >= 15 is 0 Å². The Morgan fingerprint density at radius 1 is 1.27 bits per heavy atom. The predicted molar refractivity (Wildman–Crippen MR) is 97.8 cm³/mol. The molecule has 1 unspecified atom stereocenters. The van der Waals surface area contributed by atoms with E-state index in [1.165, 1.54) is 0 Å². The minimum atomic E-state index is -0.625. The highest BCUT2D eigenvalue weighted by Gasteiger charge is 2.52. The van der Waals surface area contributed by atoms with Crippen LogP contribution in [0.1, 0.15) is 49.1 Å². The summed E-state index contributed by atoms with van der Waals surface area (Å²) >= 11 is 0. The van der Waals surface area contributed by atoms with Gasteiger partial charge in [-0.3, -0.25) is 14.7 Å². The van der Waals surface area contributed by atoms with Crippen molar-refractivity contribution < 1.29 is 14.3 Å². The summed E-state index contributed by atoms with van der Waals surface area (Å²) in [6.07, 6.45) is 4.41. The number of rotatable bonds is 6. The van der Waals surface area contributed by atoms with Crippen molar-refractivity contribution in [1.29, 1.82) is 0 Å². The van der Waals surface area contributed by atoms with Gasteiger partial charge in [-0.1, -0.05) is 0 Å². The topological polar surface area (TPSA) is 78.5 Å². The number of carbonyl (C=O) groups is 2. The Hall–Kier alpha value is -1.89. The van der Waals surface area contributed by atoms with Crippen molar-refractivity contribution in [2.75, 3.05) is 33.4 Å². The second-order valence-electron chi connectivity index (χ2n) is 7.49. The summed E-state index contributed by atoms with van der Waals surface area (Å²) in [6, 6.07) is 0. The van der Waals surface area contributed by atoms with Gasteiger partial charge in [-0.05, 0) is 45.1 Å². The number of aryl methyl sites for hydroxylation is 2. The monoisotopic (exact) mass is 362 g/mol. The lowest BCUT2D eigenvalue weighted by Crippen LogP contribution is -2.61. The van der Waals surface area contributed by atoms with E-state index in [1.807, 2.05) is 23.6 Å². The van der Waals surface area contributed by atoms with Crippen molar-refractivity contribution in [1.82, 2.24) is 20.0 Å². The SMILES string of the molecule is COCCN1CCCC2(CCCN2C(=O)CCc2n[nH]c(C)c2C)C1=O. The molecule has 1 spiro atoms. The van der Waals surface area contributed by atoms with Crippen LogP contribution < -0.4 is 0 Å². The fourth-order valence-electron chi connectivity index (χ4n) is 4.34. The van der Waals surface area contributed by atoms with Crippen LogP contribution in [0, 0.1) is 13.8 Å². The van der Waals surface area contributed by atoms with E-state index in [4.69, 9.17) is 4.74 Å². The highest BCUT2D eigenvalue weighted by atomic mass is 16.5. The molecule has 1 atom stereocenters. The molecule has 144 valence electrons. The molecule has 7 nitrogen and oxygen atoms in total. The number of likely N-dealkylation sites (tertiary alicyclic amines) is 2. The molecular weight excluding hydrogens is 332 g/mol. The molecule has 2 aliphatic rings. The van der Waals surface area contributed by atoms with Crippen molar-refractivity contribution in [3.05, 3.63) is 17.0 Å². The van der Waals surface area contributed by atoms with E-state index in [1.54, 1.807) is 7.11 Å². The lowest BCUT2D eigenvalue weighted by Gasteiger charge is -2.44. The van der Waals surface area contributed by atoms with Gasteiger partial charge in [0.25, 0.3) is 0 Å². The molecule has 1 aromatic heterocycles. The number of aromatic amines is 1. The van der Waals surface area contributed by atoms with Gasteiger partial charge >= 0.3 is 0 Å². The minimum Gasteiger partial charge on any atom is -0.383 e. The summed E-state index contributed by atoms with van der Waals surface area (Å²) in [5.41, 5.74) is 2.48.